The molecular formula is C24H35AsFN3O2. The second-order valence-electron chi connectivity index (χ2n) is 7.58. The quantitative estimate of drug-likeness (QED) is 0.504. The van der Waals surface area contributed by atoms with Gasteiger partial charge in [-0.25, -0.2) is 0 Å². The van der Waals surface area contributed by atoms with Gasteiger partial charge in [-0.05, 0) is 6.54 Å². The van der Waals surface area contributed by atoms with Crippen LogP contribution in [0.2, 0.25) is 5.71 Å². The van der Waals surface area contributed by atoms with Crippen LogP contribution in [0.5, 0.6) is 5.75 Å². The molecule has 1 aliphatic carbocycles. The summed E-state index contributed by atoms with van der Waals surface area (Å²) in [6.07, 6.45) is 4.74. The summed E-state index contributed by atoms with van der Waals surface area (Å²) in [4.78, 5) is 12.0. The minimum atomic E-state index is -1.35. The van der Waals surface area contributed by atoms with E-state index >= 15 is 0 Å². The van der Waals surface area contributed by atoms with E-state index in [4.69, 9.17) is 10.5 Å². The number of nitrogens with two attached hydrogens (primary N) is 1. The number of amides is 2. The maximum atomic E-state index is 13.2. The summed E-state index contributed by atoms with van der Waals surface area (Å²) in [7, 11) is 0. The number of halogens is 1. The van der Waals surface area contributed by atoms with Gasteiger partial charge in [-0.3, -0.25) is 0 Å². The number of hydrogen-bond acceptors (Lipinski definition) is 3. The Bertz CT molecular complexity index is 811. The molecule has 170 valence electrons. The van der Waals surface area contributed by atoms with E-state index in [0.29, 0.717) is 12.2 Å². The molecule has 0 bridgehead atoms. The standard InChI is InChI=1S/C22H28AsFN2O2.C2H7N/c1-3-25-22(27)26-20-13-10-17(14-21(20)28-19-6-4-5-7-19)23(2)15-16-8-11-18(24)12-9-16;1-2-3/h8-14,19H,3-7,15H2,1-2H3,(H2,25,26,27);2-3H2,1H3. The first-order valence-electron chi connectivity index (χ1n) is 11.0. The number of nitrogens with one attached hydrogen (secondary N) is 2. The molecule has 3 rings (SSSR count). The molecule has 0 heterocycles. The van der Waals surface area contributed by atoms with E-state index in [9.17, 15) is 9.18 Å². The van der Waals surface area contributed by atoms with Crippen LogP contribution in [-0.2, 0) is 5.21 Å². The average Bonchev–Trinajstić information content (AvgIpc) is 3.25. The van der Waals surface area contributed by atoms with E-state index in [-0.39, 0.29) is 18.0 Å². The third-order valence-corrected chi connectivity index (χ3v) is 9.11. The van der Waals surface area contributed by atoms with Crippen molar-refractivity contribution in [3.8, 4) is 5.75 Å². The second-order valence-corrected chi connectivity index (χ2v) is 12.3. The van der Waals surface area contributed by atoms with Crippen LogP contribution in [0, 0.1) is 5.82 Å². The van der Waals surface area contributed by atoms with Gasteiger partial charge in [0.25, 0.3) is 0 Å². The molecule has 2 aromatic rings. The van der Waals surface area contributed by atoms with E-state index in [1.807, 2.05) is 32.0 Å². The van der Waals surface area contributed by atoms with Crippen molar-refractivity contribution < 1.29 is 13.9 Å². The number of rotatable bonds is 7. The van der Waals surface area contributed by atoms with E-state index in [0.717, 1.165) is 35.9 Å². The molecule has 31 heavy (non-hydrogen) atoms. The molecule has 1 saturated carbocycles. The Hall–Kier alpha value is -2.04. The third-order valence-electron chi connectivity index (χ3n) is 4.92. The van der Waals surface area contributed by atoms with Crippen molar-refractivity contribution in [3.05, 3.63) is 53.8 Å². The van der Waals surface area contributed by atoms with Crippen LogP contribution in [0.25, 0.3) is 0 Å². The zero-order valence-electron chi connectivity index (χ0n) is 18.8. The molecule has 0 radical (unpaired) electrons. The Labute approximate surface area is 190 Å². The van der Waals surface area contributed by atoms with E-state index in [2.05, 4.69) is 28.5 Å². The molecule has 1 fully saturated rings. The van der Waals surface area contributed by atoms with Crippen molar-refractivity contribution in [1.29, 1.82) is 0 Å². The topological polar surface area (TPSA) is 76.4 Å². The molecule has 0 aromatic heterocycles. The number of carbonyl (C=O) groups is 1. The van der Waals surface area contributed by atoms with Gasteiger partial charge < -0.3 is 5.73 Å². The van der Waals surface area contributed by atoms with Gasteiger partial charge in [0.1, 0.15) is 0 Å². The van der Waals surface area contributed by atoms with E-state index in [1.54, 1.807) is 0 Å². The van der Waals surface area contributed by atoms with Crippen molar-refractivity contribution in [2.75, 3.05) is 18.4 Å². The predicted molar refractivity (Wildman–Crippen MR) is 128 cm³/mol. The fraction of sp³-hybridized carbons (Fsp3) is 0.458. The number of ether oxygens (including phenoxy) is 1. The number of hydrogen-bond donors (Lipinski definition) is 3. The van der Waals surface area contributed by atoms with Crippen molar-refractivity contribution in [2.24, 2.45) is 5.73 Å². The molecular weight excluding hydrogens is 456 g/mol. The fourth-order valence-corrected chi connectivity index (χ4v) is 6.79. The second kappa shape index (κ2) is 13.4. The maximum absolute atomic E-state index is 13.2. The van der Waals surface area contributed by atoms with Crippen LogP contribution < -0.4 is 25.5 Å². The average molecular weight is 491 g/mol. The summed E-state index contributed by atoms with van der Waals surface area (Å²) in [6, 6.07) is 12.7. The molecule has 2 aromatic carbocycles. The molecule has 4 N–H and O–H groups in total. The first-order valence-corrected chi connectivity index (χ1v) is 15.1. The van der Waals surface area contributed by atoms with Crippen LogP contribution in [0.1, 0.15) is 45.1 Å². The molecule has 1 aliphatic rings. The van der Waals surface area contributed by atoms with Crippen LogP contribution in [0.3, 0.4) is 0 Å². The van der Waals surface area contributed by atoms with Gasteiger partial charge in [-0.2, -0.15) is 0 Å². The minimum absolute atomic E-state index is 0.202. The zero-order valence-corrected chi connectivity index (χ0v) is 20.7. The zero-order chi connectivity index (χ0) is 22.6. The third kappa shape index (κ3) is 8.54. The molecule has 5 nitrogen and oxygen atoms in total. The molecule has 7 heteroatoms. The Kier molecular flexibility index (Phi) is 10.9. The summed E-state index contributed by atoms with van der Waals surface area (Å²) in [5, 5.41) is 6.63. The summed E-state index contributed by atoms with van der Waals surface area (Å²) in [5.74, 6) is 0.558. The molecule has 2 amide bonds. The Morgan fingerprint density at radius 1 is 1.16 bits per heavy atom. The van der Waals surface area contributed by atoms with E-state index < -0.39 is 14.7 Å². The number of carbonyl (C=O) groups excluding carboxylic acids is 1. The monoisotopic (exact) mass is 491 g/mol. The van der Waals surface area contributed by atoms with Crippen LogP contribution in [0.4, 0.5) is 14.9 Å². The Morgan fingerprint density at radius 2 is 1.81 bits per heavy atom. The van der Waals surface area contributed by atoms with Crippen LogP contribution in [0.15, 0.2) is 42.5 Å². The van der Waals surface area contributed by atoms with Gasteiger partial charge in [0.2, 0.25) is 0 Å². The molecule has 0 saturated heterocycles. The first-order chi connectivity index (χ1) is 15.0. The van der Waals surface area contributed by atoms with Gasteiger partial charge in [0.05, 0.1) is 0 Å². The summed E-state index contributed by atoms with van der Waals surface area (Å²) in [6.45, 7) is 5.12. The molecule has 0 spiro atoms. The van der Waals surface area contributed by atoms with Gasteiger partial charge >= 0.3 is 171 Å². The number of anilines is 1. The number of benzene rings is 2. The normalized spacial score (nSPS) is 14.4. The van der Waals surface area contributed by atoms with Crippen LogP contribution >= 0.6 is 0 Å². The Balaban J connectivity index is 0.00000107. The summed E-state index contributed by atoms with van der Waals surface area (Å²) in [5.41, 5.74) is 9.01. The van der Waals surface area contributed by atoms with Gasteiger partial charge in [-0.1, -0.05) is 6.92 Å². The van der Waals surface area contributed by atoms with Gasteiger partial charge in [0.15, 0.2) is 0 Å². The fourth-order valence-electron chi connectivity index (χ4n) is 3.42. The SMILES string of the molecule is CCN.CCNC(=O)Nc1ccc([As](C)Cc2ccc(F)cc2)cc1OC1CCCC1. The van der Waals surface area contributed by atoms with Crippen molar-refractivity contribution >= 4 is 30.7 Å². The van der Waals surface area contributed by atoms with Gasteiger partial charge in [0, 0.05) is 0 Å². The molecule has 1 atom stereocenters. The summed E-state index contributed by atoms with van der Waals surface area (Å²) < 4.78 is 20.7. The number of urea groups is 1. The van der Waals surface area contributed by atoms with Crippen LogP contribution in [-0.4, -0.2) is 39.9 Å². The molecule has 0 aliphatic heterocycles. The van der Waals surface area contributed by atoms with Crippen molar-refractivity contribution in [2.45, 2.75) is 56.6 Å². The predicted octanol–water partition coefficient (Wildman–Crippen LogP) is 4.37. The van der Waals surface area contributed by atoms with Gasteiger partial charge in [-0.15, -0.1) is 0 Å². The van der Waals surface area contributed by atoms with Crippen molar-refractivity contribution in [3.63, 3.8) is 0 Å². The molecule has 1 unspecified atom stereocenters. The first kappa shape index (κ1) is 25.2. The van der Waals surface area contributed by atoms with E-state index in [1.165, 1.54) is 29.3 Å². The Morgan fingerprint density at radius 3 is 2.42 bits per heavy atom. The summed E-state index contributed by atoms with van der Waals surface area (Å²) >= 11 is -1.35. The van der Waals surface area contributed by atoms with Crippen molar-refractivity contribution in [1.82, 2.24) is 5.32 Å².